The van der Waals surface area contributed by atoms with Crippen molar-refractivity contribution in [2.45, 2.75) is 25.6 Å². The van der Waals surface area contributed by atoms with Crippen molar-refractivity contribution in [3.05, 3.63) is 48.0 Å². The minimum atomic E-state index is -2.91. The van der Waals surface area contributed by atoms with Gasteiger partial charge in [-0.15, -0.1) is 24.0 Å². The van der Waals surface area contributed by atoms with Gasteiger partial charge in [0.15, 0.2) is 5.96 Å². The summed E-state index contributed by atoms with van der Waals surface area (Å²) < 4.78 is 40.7. The highest BCUT2D eigenvalue weighted by Gasteiger charge is 2.25. The van der Waals surface area contributed by atoms with Gasteiger partial charge in [0.1, 0.15) is 17.2 Å². The van der Waals surface area contributed by atoms with E-state index >= 15 is 0 Å². The van der Waals surface area contributed by atoms with E-state index in [2.05, 4.69) is 25.3 Å². The first-order valence-corrected chi connectivity index (χ1v) is 10.0. The van der Waals surface area contributed by atoms with E-state index in [1.54, 1.807) is 26.3 Å². The highest BCUT2D eigenvalue weighted by Crippen LogP contribution is 2.30. The summed E-state index contributed by atoms with van der Waals surface area (Å²) >= 11 is 0. The number of hydrogen-bond donors (Lipinski definition) is 2. The van der Waals surface area contributed by atoms with E-state index in [1.165, 1.54) is 13.2 Å². The number of rotatable bonds is 8. The number of aliphatic imine (C=N–C) groups is 1. The van der Waals surface area contributed by atoms with E-state index in [9.17, 15) is 8.78 Å². The van der Waals surface area contributed by atoms with Crippen molar-refractivity contribution in [1.82, 2.24) is 10.6 Å². The molecule has 1 atom stereocenters. The van der Waals surface area contributed by atoms with E-state index in [1.807, 2.05) is 24.3 Å². The van der Waals surface area contributed by atoms with Crippen LogP contribution in [-0.2, 0) is 6.54 Å². The predicted molar refractivity (Wildman–Crippen MR) is 132 cm³/mol. The molecule has 1 saturated heterocycles. The molecular weight excluding hydrogens is 533 g/mol. The quantitative estimate of drug-likeness (QED) is 0.290. The molecule has 2 N–H and O–H groups in total. The Morgan fingerprint density at radius 2 is 1.94 bits per heavy atom. The third kappa shape index (κ3) is 6.75. The minimum Gasteiger partial charge on any atom is -0.497 e. The molecule has 1 unspecified atom stereocenters. The molecule has 1 heterocycles. The highest BCUT2D eigenvalue weighted by molar-refractivity contribution is 14.0. The number of halogens is 3. The molecule has 1 fully saturated rings. The van der Waals surface area contributed by atoms with Crippen LogP contribution in [0.3, 0.4) is 0 Å². The molecule has 10 heteroatoms. The molecule has 3 rings (SSSR count). The Labute approximate surface area is 204 Å². The molecule has 0 bridgehead atoms. The molecular formula is C22H29F2IN4O3. The Kier molecular flexibility index (Phi) is 10.1. The maximum absolute atomic E-state index is 12.8. The SMILES string of the molecule is CN=C(NCc1ccc(OC)cc1OC(F)F)NC1CCN(c2ccccc2OC)C1.I. The lowest BCUT2D eigenvalue weighted by molar-refractivity contribution is -0.0505. The number of hydrogen-bond acceptors (Lipinski definition) is 5. The molecule has 0 spiro atoms. The molecule has 176 valence electrons. The first kappa shape index (κ1) is 25.8. The number of ether oxygens (including phenoxy) is 3. The fourth-order valence-electron chi connectivity index (χ4n) is 3.57. The number of guanidine groups is 1. The normalized spacial score (nSPS) is 15.9. The number of nitrogens with zero attached hydrogens (tertiary/aromatic N) is 2. The second-order valence-electron chi connectivity index (χ2n) is 7.03. The summed E-state index contributed by atoms with van der Waals surface area (Å²) in [4.78, 5) is 6.53. The molecule has 0 amide bonds. The van der Waals surface area contributed by atoms with Gasteiger partial charge in [-0.05, 0) is 30.7 Å². The molecule has 0 aliphatic carbocycles. The Hall–Kier alpha value is -2.50. The maximum atomic E-state index is 12.8. The maximum Gasteiger partial charge on any atom is 0.387 e. The van der Waals surface area contributed by atoms with Crippen molar-refractivity contribution in [1.29, 1.82) is 0 Å². The number of benzene rings is 2. The van der Waals surface area contributed by atoms with Crippen molar-refractivity contribution in [2.75, 3.05) is 39.3 Å². The molecule has 1 aliphatic heterocycles. The number of alkyl halides is 2. The van der Waals surface area contributed by atoms with Crippen molar-refractivity contribution in [2.24, 2.45) is 4.99 Å². The Morgan fingerprint density at radius 1 is 1.16 bits per heavy atom. The molecule has 1 aliphatic rings. The Morgan fingerprint density at radius 3 is 2.62 bits per heavy atom. The van der Waals surface area contributed by atoms with Crippen LogP contribution in [0.2, 0.25) is 0 Å². The lowest BCUT2D eigenvalue weighted by Gasteiger charge is -2.22. The fourth-order valence-corrected chi connectivity index (χ4v) is 3.57. The van der Waals surface area contributed by atoms with E-state index in [4.69, 9.17) is 9.47 Å². The average molecular weight is 562 g/mol. The van der Waals surface area contributed by atoms with Gasteiger partial charge in [-0.2, -0.15) is 8.78 Å². The third-order valence-electron chi connectivity index (χ3n) is 5.12. The van der Waals surface area contributed by atoms with Crippen molar-refractivity contribution in [3.63, 3.8) is 0 Å². The molecule has 0 saturated carbocycles. The van der Waals surface area contributed by atoms with E-state index in [0.29, 0.717) is 17.3 Å². The summed E-state index contributed by atoms with van der Waals surface area (Å²) in [7, 11) is 4.82. The molecule has 7 nitrogen and oxygen atoms in total. The monoisotopic (exact) mass is 562 g/mol. The zero-order valence-corrected chi connectivity index (χ0v) is 20.6. The predicted octanol–water partition coefficient (Wildman–Crippen LogP) is 3.87. The molecule has 0 radical (unpaired) electrons. The summed E-state index contributed by atoms with van der Waals surface area (Å²) in [5, 5.41) is 6.57. The van der Waals surface area contributed by atoms with Crippen LogP contribution in [0, 0.1) is 0 Å². The topological polar surface area (TPSA) is 67.4 Å². The van der Waals surface area contributed by atoms with Crippen LogP contribution in [0.15, 0.2) is 47.5 Å². The van der Waals surface area contributed by atoms with Gasteiger partial charge in [0, 0.05) is 44.4 Å². The van der Waals surface area contributed by atoms with E-state index in [-0.39, 0.29) is 42.3 Å². The molecule has 0 aromatic heterocycles. The van der Waals surface area contributed by atoms with Crippen LogP contribution in [0.4, 0.5) is 14.5 Å². The lowest BCUT2D eigenvalue weighted by atomic mass is 10.2. The first-order chi connectivity index (χ1) is 15.0. The van der Waals surface area contributed by atoms with Gasteiger partial charge in [0.05, 0.1) is 19.9 Å². The van der Waals surface area contributed by atoms with E-state index < -0.39 is 6.61 Å². The second kappa shape index (κ2) is 12.5. The number of methoxy groups -OCH3 is 2. The van der Waals surface area contributed by atoms with E-state index in [0.717, 1.165) is 30.9 Å². The summed E-state index contributed by atoms with van der Waals surface area (Å²) in [6.07, 6.45) is 0.932. The van der Waals surface area contributed by atoms with Gasteiger partial charge in [0.2, 0.25) is 0 Å². The van der Waals surface area contributed by atoms with Gasteiger partial charge in [-0.1, -0.05) is 12.1 Å². The van der Waals surface area contributed by atoms with Crippen molar-refractivity contribution < 1.29 is 23.0 Å². The largest absolute Gasteiger partial charge is 0.497 e. The Bertz CT molecular complexity index is 901. The first-order valence-electron chi connectivity index (χ1n) is 10.0. The second-order valence-corrected chi connectivity index (χ2v) is 7.03. The van der Waals surface area contributed by atoms with Crippen molar-refractivity contribution in [3.8, 4) is 17.2 Å². The molecule has 2 aromatic rings. The van der Waals surface area contributed by atoms with Gasteiger partial charge >= 0.3 is 6.61 Å². The van der Waals surface area contributed by atoms with Crippen LogP contribution in [0.25, 0.3) is 0 Å². The van der Waals surface area contributed by atoms with Gasteiger partial charge < -0.3 is 29.7 Å². The summed E-state index contributed by atoms with van der Waals surface area (Å²) in [5.74, 6) is 1.95. The van der Waals surface area contributed by atoms with Crippen molar-refractivity contribution >= 4 is 35.6 Å². The third-order valence-corrected chi connectivity index (χ3v) is 5.12. The summed E-state index contributed by atoms with van der Waals surface area (Å²) in [6, 6.07) is 13.0. The minimum absolute atomic E-state index is 0. The number of nitrogens with one attached hydrogen (secondary N) is 2. The van der Waals surface area contributed by atoms with Gasteiger partial charge in [-0.3, -0.25) is 4.99 Å². The van der Waals surface area contributed by atoms with Gasteiger partial charge in [-0.25, -0.2) is 0 Å². The van der Waals surface area contributed by atoms with Crippen LogP contribution in [-0.4, -0.2) is 53.0 Å². The van der Waals surface area contributed by atoms with Gasteiger partial charge in [0.25, 0.3) is 0 Å². The average Bonchev–Trinajstić information content (AvgIpc) is 3.25. The smallest absolute Gasteiger partial charge is 0.387 e. The molecule has 2 aromatic carbocycles. The summed E-state index contributed by atoms with van der Waals surface area (Å²) in [5.41, 5.74) is 1.63. The fraction of sp³-hybridized carbons (Fsp3) is 0.409. The molecule has 32 heavy (non-hydrogen) atoms. The lowest BCUT2D eigenvalue weighted by Crippen LogP contribution is -2.44. The van der Waals surface area contributed by atoms with Crippen LogP contribution >= 0.6 is 24.0 Å². The standard InChI is InChI=1S/C22H28F2N4O3.HI/c1-25-22(26-13-15-8-9-17(29-2)12-20(15)31-21(23)24)27-16-10-11-28(14-16)18-6-4-5-7-19(18)30-3;/h4-9,12,16,21H,10-11,13-14H2,1-3H3,(H2,25,26,27);1H. The highest BCUT2D eigenvalue weighted by atomic mass is 127. The number of anilines is 1. The van der Waals surface area contributed by atoms with Crippen LogP contribution < -0.4 is 29.7 Å². The van der Waals surface area contributed by atoms with Crippen LogP contribution in [0.5, 0.6) is 17.2 Å². The zero-order chi connectivity index (χ0) is 22.2. The Balaban J connectivity index is 0.00000363. The van der Waals surface area contributed by atoms with Crippen LogP contribution in [0.1, 0.15) is 12.0 Å². The zero-order valence-electron chi connectivity index (χ0n) is 18.3. The number of para-hydroxylation sites is 2. The summed E-state index contributed by atoms with van der Waals surface area (Å²) in [6.45, 7) is -0.958.